The smallest absolute Gasteiger partial charge is 0.0492 e. The van der Waals surface area contributed by atoms with Gasteiger partial charge in [-0.1, -0.05) is 112 Å². The van der Waals surface area contributed by atoms with Crippen LogP contribution in [0.4, 0.5) is 11.4 Å². The second-order valence-electron chi connectivity index (χ2n) is 11.8. The SMILES string of the molecule is CC(C)N(c1ccccc1-c1ccccc1)c1cc2c(cc1C1CCCCC1)C(C)(C)c1ccccc1-2. The van der Waals surface area contributed by atoms with Crippen molar-refractivity contribution in [2.24, 2.45) is 0 Å². The molecule has 2 aliphatic rings. The summed E-state index contributed by atoms with van der Waals surface area (Å²) in [6.07, 6.45) is 6.65. The van der Waals surface area contributed by atoms with Crippen LogP contribution >= 0.6 is 0 Å². The lowest BCUT2D eigenvalue weighted by Gasteiger charge is -2.36. The van der Waals surface area contributed by atoms with Crippen molar-refractivity contribution in [3.8, 4) is 22.3 Å². The second kappa shape index (κ2) is 9.53. The molecule has 1 heteroatoms. The molecule has 188 valence electrons. The molecule has 1 nitrogen and oxygen atoms in total. The average molecular weight is 486 g/mol. The van der Waals surface area contributed by atoms with Crippen LogP contribution in [-0.2, 0) is 5.41 Å². The average Bonchev–Trinajstić information content (AvgIpc) is 3.15. The van der Waals surface area contributed by atoms with Crippen molar-refractivity contribution >= 4 is 11.4 Å². The van der Waals surface area contributed by atoms with Gasteiger partial charge in [-0.3, -0.25) is 0 Å². The maximum atomic E-state index is 2.63. The Kier molecular flexibility index (Phi) is 6.19. The summed E-state index contributed by atoms with van der Waals surface area (Å²) in [5.41, 5.74) is 12.6. The molecule has 0 aliphatic heterocycles. The molecular weight excluding hydrogens is 446 g/mol. The molecule has 0 saturated heterocycles. The van der Waals surface area contributed by atoms with Crippen molar-refractivity contribution < 1.29 is 0 Å². The van der Waals surface area contributed by atoms with E-state index in [4.69, 9.17) is 0 Å². The molecular formula is C36H39N. The molecule has 0 unspecified atom stereocenters. The minimum absolute atomic E-state index is 0.0263. The highest BCUT2D eigenvalue weighted by Gasteiger charge is 2.37. The monoisotopic (exact) mass is 485 g/mol. The van der Waals surface area contributed by atoms with Gasteiger partial charge < -0.3 is 4.90 Å². The van der Waals surface area contributed by atoms with Crippen LogP contribution in [0.15, 0.2) is 91.0 Å². The number of para-hydroxylation sites is 1. The van der Waals surface area contributed by atoms with Gasteiger partial charge in [-0.2, -0.15) is 0 Å². The largest absolute Gasteiger partial charge is 0.338 e. The minimum Gasteiger partial charge on any atom is -0.338 e. The van der Waals surface area contributed by atoms with Gasteiger partial charge in [0.25, 0.3) is 0 Å². The van der Waals surface area contributed by atoms with Crippen molar-refractivity contribution in [1.29, 1.82) is 0 Å². The van der Waals surface area contributed by atoms with Crippen LogP contribution in [0.1, 0.15) is 82.4 Å². The van der Waals surface area contributed by atoms with Crippen LogP contribution in [0.5, 0.6) is 0 Å². The quantitative estimate of drug-likeness (QED) is 0.272. The fraction of sp³-hybridized carbons (Fsp3) is 0.333. The number of hydrogen-bond donors (Lipinski definition) is 0. The van der Waals surface area contributed by atoms with E-state index in [1.807, 2.05) is 0 Å². The van der Waals surface area contributed by atoms with E-state index >= 15 is 0 Å². The maximum Gasteiger partial charge on any atom is 0.0492 e. The van der Waals surface area contributed by atoms with Gasteiger partial charge >= 0.3 is 0 Å². The zero-order chi connectivity index (χ0) is 25.6. The summed E-state index contributed by atoms with van der Waals surface area (Å²) < 4.78 is 0. The molecule has 0 heterocycles. The van der Waals surface area contributed by atoms with E-state index in [-0.39, 0.29) is 5.41 Å². The summed E-state index contributed by atoms with van der Waals surface area (Å²) in [5, 5.41) is 0. The standard InChI is InChI=1S/C36H39N/c1-25(2)37(34-22-14-12-19-28(34)26-15-7-5-8-16-26)35-24-31-29-20-11-13-21-32(29)36(3,4)33(31)23-30(35)27-17-9-6-10-18-27/h5,7-8,11-16,19-25,27H,6,9-10,17-18H2,1-4H3. The predicted molar refractivity (Wildman–Crippen MR) is 159 cm³/mol. The Morgan fingerprint density at radius 2 is 1.30 bits per heavy atom. The van der Waals surface area contributed by atoms with Gasteiger partial charge in [0.1, 0.15) is 0 Å². The van der Waals surface area contributed by atoms with Gasteiger partial charge in [0.15, 0.2) is 0 Å². The Morgan fingerprint density at radius 1 is 0.649 bits per heavy atom. The lowest BCUT2D eigenvalue weighted by molar-refractivity contribution is 0.443. The fourth-order valence-electron chi connectivity index (χ4n) is 6.93. The van der Waals surface area contributed by atoms with Gasteiger partial charge in [-0.15, -0.1) is 0 Å². The highest BCUT2D eigenvalue weighted by Crippen LogP contribution is 2.53. The van der Waals surface area contributed by atoms with Gasteiger partial charge in [0.2, 0.25) is 0 Å². The number of benzene rings is 4. The summed E-state index contributed by atoms with van der Waals surface area (Å²) in [6, 6.07) is 34.4. The molecule has 1 fully saturated rings. The summed E-state index contributed by atoms with van der Waals surface area (Å²) in [6.45, 7) is 9.51. The lowest BCUT2D eigenvalue weighted by Crippen LogP contribution is -2.28. The van der Waals surface area contributed by atoms with Gasteiger partial charge in [0, 0.05) is 28.4 Å². The second-order valence-corrected chi connectivity index (χ2v) is 11.8. The van der Waals surface area contributed by atoms with Crippen LogP contribution in [0, 0.1) is 0 Å². The van der Waals surface area contributed by atoms with E-state index in [9.17, 15) is 0 Å². The van der Waals surface area contributed by atoms with Gasteiger partial charge in [-0.05, 0) is 78.1 Å². The predicted octanol–water partition coefficient (Wildman–Crippen LogP) is 10.3. The van der Waals surface area contributed by atoms with E-state index in [2.05, 4.69) is 124 Å². The van der Waals surface area contributed by atoms with Crippen molar-refractivity contribution in [2.75, 3.05) is 4.90 Å². The topological polar surface area (TPSA) is 3.24 Å². The summed E-state index contributed by atoms with van der Waals surface area (Å²) >= 11 is 0. The number of fused-ring (bicyclic) bond motifs is 3. The van der Waals surface area contributed by atoms with E-state index < -0.39 is 0 Å². The van der Waals surface area contributed by atoms with Gasteiger partial charge in [-0.25, -0.2) is 0 Å². The first-order valence-corrected chi connectivity index (χ1v) is 14.2. The molecule has 0 N–H and O–H groups in total. The molecule has 0 bridgehead atoms. The molecule has 4 aromatic carbocycles. The maximum absolute atomic E-state index is 2.63. The third kappa shape index (κ3) is 4.09. The van der Waals surface area contributed by atoms with Gasteiger partial charge in [0.05, 0.1) is 0 Å². The third-order valence-corrected chi connectivity index (χ3v) is 8.80. The Bertz CT molecular complexity index is 1410. The van der Waals surface area contributed by atoms with Crippen LogP contribution in [0.25, 0.3) is 22.3 Å². The molecule has 0 radical (unpaired) electrons. The first-order valence-electron chi connectivity index (χ1n) is 14.2. The van der Waals surface area contributed by atoms with Crippen LogP contribution in [0.3, 0.4) is 0 Å². The van der Waals surface area contributed by atoms with E-state index in [1.165, 1.54) is 76.9 Å². The first kappa shape index (κ1) is 24.0. The summed E-state index contributed by atoms with van der Waals surface area (Å²) in [5.74, 6) is 0.624. The highest BCUT2D eigenvalue weighted by atomic mass is 15.2. The van der Waals surface area contributed by atoms with E-state index in [0.717, 1.165) is 0 Å². The van der Waals surface area contributed by atoms with Crippen molar-refractivity contribution in [2.45, 2.75) is 77.2 Å². The molecule has 4 aromatic rings. The minimum atomic E-state index is 0.0263. The van der Waals surface area contributed by atoms with Crippen LogP contribution in [0.2, 0.25) is 0 Å². The van der Waals surface area contributed by atoms with E-state index in [1.54, 1.807) is 5.56 Å². The van der Waals surface area contributed by atoms with Crippen molar-refractivity contribution in [3.05, 3.63) is 108 Å². The van der Waals surface area contributed by atoms with Crippen molar-refractivity contribution in [1.82, 2.24) is 0 Å². The highest BCUT2D eigenvalue weighted by molar-refractivity contribution is 5.88. The lowest BCUT2D eigenvalue weighted by atomic mass is 9.78. The Morgan fingerprint density at radius 3 is 2.03 bits per heavy atom. The normalized spacial score (nSPS) is 16.5. The molecule has 37 heavy (non-hydrogen) atoms. The van der Waals surface area contributed by atoms with Crippen molar-refractivity contribution in [3.63, 3.8) is 0 Å². The molecule has 2 aliphatic carbocycles. The molecule has 0 atom stereocenters. The van der Waals surface area contributed by atoms with Crippen LogP contribution < -0.4 is 4.90 Å². The third-order valence-electron chi connectivity index (χ3n) is 8.80. The molecule has 0 spiro atoms. The van der Waals surface area contributed by atoms with E-state index in [0.29, 0.717) is 12.0 Å². The summed E-state index contributed by atoms with van der Waals surface area (Å²) in [7, 11) is 0. The molecule has 0 amide bonds. The summed E-state index contributed by atoms with van der Waals surface area (Å²) in [4.78, 5) is 2.63. The number of nitrogens with zero attached hydrogens (tertiary/aromatic N) is 1. The fourth-order valence-corrected chi connectivity index (χ4v) is 6.93. The Hall–Kier alpha value is -3.32. The Balaban J connectivity index is 1.60. The first-order chi connectivity index (χ1) is 18.0. The Labute approximate surface area is 223 Å². The zero-order valence-electron chi connectivity index (χ0n) is 22.8. The van der Waals surface area contributed by atoms with Crippen LogP contribution in [-0.4, -0.2) is 6.04 Å². The molecule has 6 rings (SSSR count). The number of hydrogen-bond acceptors (Lipinski definition) is 1. The molecule has 0 aromatic heterocycles. The number of anilines is 2. The number of rotatable bonds is 5. The molecule has 1 saturated carbocycles. The zero-order valence-corrected chi connectivity index (χ0v) is 22.8.